The Labute approximate surface area is 72.9 Å². The Morgan fingerprint density at radius 1 is 1.33 bits per heavy atom. The van der Waals surface area contributed by atoms with Crippen LogP contribution in [0.5, 0.6) is 0 Å². The second kappa shape index (κ2) is 4.98. The normalized spacial score (nSPS) is 19.0. The molecular weight excluding hydrogens is 154 g/mol. The number of nitrogens with one attached hydrogen (secondary N) is 2. The molecule has 1 aliphatic carbocycles. The molecule has 4 N–H and O–H groups in total. The van der Waals surface area contributed by atoms with Crippen LogP contribution < -0.4 is 16.4 Å². The van der Waals surface area contributed by atoms with Gasteiger partial charge in [0.1, 0.15) is 0 Å². The molecule has 1 aliphatic rings. The van der Waals surface area contributed by atoms with Gasteiger partial charge >= 0.3 is 6.03 Å². The number of nitrogens with two attached hydrogens (primary N) is 1. The van der Waals surface area contributed by atoms with E-state index in [0.717, 1.165) is 0 Å². The third kappa shape index (κ3) is 3.57. The lowest BCUT2D eigenvalue weighted by atomic mass is 9.96. The van der Waals surface area contributed by atoms with Crippen molar-refractivity contribution < 1.29 is 4.79 Å². The van der Waals surface area contributed by atoms with Crippen LogP contribution in [-0.4, -0.2) is 18.7 Å². The van der Waals surface area contributed by atoms with Gasteiger partial charge in [-0.3, -0.25) is 5.32 Å². The molecule has 0 radical (unpaired) electrons. The highest BCUT2D eigenvalue weighted by molar-refractivity contribution is 5.71. The lowest BCUT2D eigenvalue weighted by Gasteiger charge is -2.22. The summed E-state index contributed by atoms with van der Waals surface area (Å²) in [6.45, 7) is 0.500. The Morgan fingerprint density at radius 2 is 2.00 bits per heavy atom. The molecule has 0 aliphatic heterocycles. The van der Waals surface area contributed by atoms with E-state index < -0.39 is 6.03 Å². The van der Waals surface area contributed by atoms with Crippen molar-refractivity contribution in [3.8, 4) is 0 Å². The number of amides is 2. The predicted molar refractivity (Wildman–Crippen MR) is 47.6 cm³/mol. The topological polar surface area (TPSA) is 67.2 Å². The van der Waals surface area contributed by atoms with E-state index in [0.29, 0.717) is 12.7 Å². The van der Waals surface area contributed by atoms with Gasteiger partial charge in [0, 0.05) is 6.04 Å². The molecule has 12 heavy (non-hydrogen) atoms. The molecule has 0 atom stereocenters. The summed E-state index contributed by atoms with van der Waals surface area (Å²) in [6, 6.07) is 0.115. The number of carbonyl (C=O) groups excluding carboxylic acids is 1. The van der Waals surface area contributed by atoms with E-state index in [1.807, 2.05) is 0 Å². The molecule has 2 amide bonds. The highest BCUT2D eigenvalue weighted by atomic mass is 16.2. The molecule has 0 saturated heterocycles. The number of rotatable bonds is 3. The quantitative estimate of drug-likeness (QED) is 0.542. The molecule has 1 saturated carbocycles. The van der Waals surface area contributed by atoms with Gasteiger partial charge in [-0.25, -0.2) is 4.79 Å². The highest BCUT2D eigenvalue weighted by Crippen LogP contribution is 2.16. The fourth-order valence-corrected chi connectivity index (χ4v) is 1.59. The van der Waals surface area contributed by atoms with Crippen molar-refractivity contribution in [1.82, 2.24) is 10.6 Å². The van der Waals surface area contributed by atoms with E-state index in [4.69, 9.17) is 5.73 Å². The van der Waals surface area contributed by atoms with Crippen molar-refractivity contribution in [2.75, 3.05) is 6.67 Å². The zero-order valence-electron chi connectivity index (χ0n) is 7.31. The van der Waals surface area contributed by atoms with Gasteiger partial charge in [0.2, 0.25) is 0 Å². The Balaban J connectivity index is 2.01. The average Bonchev–Trinajstić information content (AvgIpc) is 2.05. The minimum atomic E-state index is -0.460. The van der Waals surface area contributed by atoms with Crippen molar-refractivity contribution in [3.05, 3.63) is 0 Å². The van der Waals surface area contributed by atoms with Crippen molar-refractivity contribution in [3.63, 3.8) is 0 Å². The summed E-state index contributed by atoms with van der Waals surface area (Å²) < 4.78 is 0. The molecule has 4 heteroatoms. The van der Waals surface area contributed by atoms with Crippen molar-refractivity contribution in [2.45, 2.75) is 38.1 Å². The first-order chi connectivity index (χ1) is 5.79. The molecule has 0 spiro atoms. The number of hydrogen-bond donors (Lipinski definition) is 3. The molecule has 0 aromatic rings. The van der Waals surface area contributed by atoms with Crippen LogP contribution in [0.3, 0.4) is 0 Å². The SMILES string of the molecule is NC(=O)NCNC1CCCCC1. The molecule has 70 valence electrons. The minimum Gasteiger partial charge on any atom is -0.352 e. The predicted octanol–water partition coefficient (Wildman–Crippen LogP) is 0.534. The van der Waals surface area contributed by atoms with Crippen LogP contribution in [-0.2, 0) is 0 Å². The maximum atomic E-state index is 10.3. The Morgan fingerprint density at radius 3 is 2.58 bits per heavy atom. The number of carbonyl (C=O) groups is 1. The number of urea groups is 1. The van der Waals surface area contributed by atoms with Gasteiger partial charge in [0.15, 0.2) is 0 Å². The van der Waals surface area contributed by atoms with Crippen molar-refractivity contribution >= 4 is 6.03 Å². The van der Waals surface area contributed by atoms with Gasteiger partial charge in [-0.2, -0.15) is 0 Å². The van der Waals surface area contributed by atoms with Crippen molar-refractivity contribution in [2.24, 2.45) is 5.73 Å². The fraction of sp³-hybridized carbons (Fsp3) is 0.875. The van der Waals surface area contributed by atoms with Crippen LogP contribution in [0, 0.1) is 0 Å². The van der Waals surface area contributed by atoms with Crippen LogP contribution in [0.15, 0.2) is 0 Å². The van der Waals surface area contributed by atoms with Gasteiger partial charge in [0.25, 0.3) is 0 Å². The average molecular weight is 171 g/mol. The molecular formula is C8H17N3O. The van der Waals surface area contributed by atoms with E-state index in [9.17, 15) is 4.79 Å². The molecule has 0 heterocycles. The van der Waals surface area contributed by atoms with Gasteiger partial charge in [-0.15, -0.1) is 0 Å². The minimum absolute atomic E-state index is 0.460. The molecule has 0 aromatic heterocycles. The summed E-state index contributed by atoms with van der Waals surface area (Å²) in [7, 11) is 0. The number of primary amides is 1. The van der Waals surface area contributed by atoms with Gasteiger partial charge in [0.05, 0.1) is 6.67 Å². The van der Waals surface area contributed by atoms with E-state index in [1.54, 1.807) is 0 Å². The molecule has 0 aromatic carbocycles. The van der Waals surface area contributed by atoms with E-state index in [1.165, 1.54) is 32.1 Å². The third-order valence-corrected chi connectivity index (χ3v) is 2.26. The summed E-state index contributed by atoms with van der Waals surface area (Å²) in [5.41, 5.74) is 4.92. The first-order valence-corrected chi connectivity index (χ1v) is 4.56. The second-order valence-electron chi connectivity index (χ2n) is 3.26. The third-order valence-electron chi connectivity index (χ3n) is 2.26. The van der Waals surface area contributed by atoms with E-state index >= 15 is 0 Å². The van der Waals surface area contributed by atoms with E-state index in [2.05, 4.69) is 10.6 Å². The van der Waals surface area contributed by atoms with Crippen LogP contribution in [0.2, 0.25) is 0 Å². The molecule has 4 nitrogen and oxygen atoms in total. The van der Waals surface area contributed by atoms with Gasteiger partial charge in [-0.1, -0.05) is 19.3 Å². The zero-order valence-corrected chi connectivity index (χ0v) is 7.31. The van der Waals surface area contributed by atoms with Crippen LogP contribution >= 0.6 is 0 Å². The van der Waals surface area contributed by atoms with Gasteiger partial charge in [-0.05, 0) is 12.8 Å². The van der Waals surface area contributed by atoms with Crippen LogP contribution in [0.1, 0.15) is 32.1 Å². The Kier molecular flexibility index (Phi) is 3.87. The summed E-state index contributed by atoms with van der Waals surface area (Å²) in [5.74, 6) is 0. The van der Waals surface area contributed by atoms with Gasteiger partial charge < -0.3 is 11.1 Å². The Hall–Kier alpha value is -0.770. The summed E-state index contributed by atoms with van der Waals surface area (Å²) in [5, 5.41) is 5.76. The van der Waals surface area contributed by atoms with Crippen LogP contribution in [0.4, 0.5) is 4.79 Å². The van der Waals surface area contributed by atoms with Crippen LogP contribution in [0.25, 0.3) is 0 Å². The second-order valence-corrected chi connectivity index (χ2v) is 3.26. The smallest absolute Gasteiger partial charge is 0.313 e. The summed E-state index contributed by atoms with van der Waals surface area (Å²) in [6.07, 6.45) is 6.39. The lowest BCUT2D eigenvalue weighted by Crippen LogP contribution is -2.42. The molecule has 0 bridgehead atoms. The molecule has 1 fully saturated rings. The maximum Gasteiger partial charge on any atom is 0.313 e. The lowest BCUT2D eigenvalue weighted by molar-refractivity contribution is 0.246. The summed E-state index contributed by atoms with van der Waals surface area (Å²) in [4.78, 5) is 10.3. The largest absolute Gasteiger partial charge is 0.352 e. The standard InChI is InChI=1S/C8H17N3O/c9-8(12)11-6-10-7-4-2-1-3-5-7/h7,10H,1-6H2,(H3,9,11,12). The van der Waals surface area contributed by atoms with Crippen molar-refractivity contribution in [1.29, 1.82) is 0 Å². The zero-order chi connectivity index (χ0) is 8.81. The number of hydrogen-bond acceptors (Lipinski definition) is 2. The van der Waals surface area contributed by atoms with E-state index in [-0.39, 0.29) is 0 Å². The Bertz CT molecular complexity index is 143. The highest BCUT2D eigenvalue weighted by Gasteiger charge is 2.11. The monoisotopic (exact) mass is 171 g/mol. The fourth-order valence-electron chi connectivity index (χ4n) is 1.59. The maximum absolute atomic E-state index is 10.3. The molecule has 1 rings (SSSR count). The molecule has 0 unspecified atom stereocenters. The summed E-state index contributed by atoms with van der Waals surface area (Å²) >= 11 is 0. The first kappa shape index (κ1) is 9.32. The first-order valence-electron chi connectivity index (χ1n) is 4.56.